The molecule has 0 heterocycles. The van der Waals surface area contributed by atoms with E-state index in [1.165, 1.54) is 7.11 Å². The van der Waals surface area contributed by atoms with Crippen LogP contribution in [0, 0.1) is 0 Å². The number of hydrogen-bond acceptors (Lipinski definition) is 3. The summed E-state index contributed by atoms with van der Waals surface area (Å²) >= 11 is 7.32. The molecule has 0 saturated carbocycles. The van der Waals surface area contributed by atoms with Crippen molar-refractivity contribution in [3.63, 3.8) is 0 Å². The van der Waals surface area contributed by atoms with Crippen LogP contribution in [0.2, 0.25) is 5.02 Å². The number of esters is 1. The highest BCUT2D eigenvalue weighted by atomic mass is 35.5. The molecule has 0 fully saturated rings. The summed E-state index contributed by atoms with van der Waals surface area (Å²) in [6.45, 7) is 1.84. The topological polar surface area (TPSA) is 26.3 Å². The molecule has 0 aliphatic rings. The Labute approximate surface area is 99.0 Å². The highest BCUT2D eigenvalue weighted by molar-refractivity contribution is 7.99. The number of halogens is 1. The van der Waals surface area contributed by atoms with Crippen molar-refractivity contribution >= 4 is 29.3 Å². The number of carbonyl (C=O) groups is 1. The highest BCUT2D eigenvalue weighted by Crippen LogP contribution is 2.19. The van der Waals surface area contributed by atoms with Crippen LogP contribution in [-0.4, -0.2) is 18.3 Å². The molecule has 1 unspecified atom stereocenters. The van der Waals surface area contributed by atoms with Gasteiger partial charge in [0, 0.05) is 10.8 Å². The summed E-state index contributed by atoms with van der Waals surface area (Å²) in [4.78, 5) is 11.1. The van der Waals surface area contributed by atoms with Gasteiger partial charge in [0.2, 0.25) is 0 Å². The Kier molecular flexibility index (Phi) is 4.99. The van der Waals surface area contributed by atoms with Crippen molar-refractivity contribution in [2.75, 3.05) is 7.11 Å². The molecule has 82 valence electrons. The van der Waals surface area contributed by atoms with Crippen LogP contribution in [0.1, 0.15) is 12.5 Å². The van der Waals surface area contributed by atoms with E-state index >= 15 is 0 Å². The van der Waals surface area contributed by atoms with Crippen molar-refractivity contribution < 1.29 is 9.53 Å². The van der Waals surface area contributed by atoms with Crippen LogP contribution in [0.4, 0.5) is 0 Å². The molecule has 0 amide bonds. The van der Waals surface area contributed by atoms with Gasteiger partial charge in [0.25, 0.3) is 0 Å². The molecule has 0 N–H and O–H groups in total. The van der Waals surface area contributed by atoms with Gasteiger partial charge in [-0.2, -0.15) is 0 Å². The molecular formula is C11H13ClO2S. The van der Waals surface area contributed by atoms with Crippen LogP contribution >= 0.6 is 23.4 Å². The number of ether oxygens (including phenoxy) is 1. The van der Waals surface area contributed by atoms with Gasteiger partial charge in [0.1, 0.15) is 0 Å². The first-order chi connectivity index (χ1) is 7.13. The van der Waals surface area contributed by atoms with E-state index in [0.717, 1.165) is 16.3 Å². The van der Waals surface area contributed by atoms with Gasteiger partial charge in [0.15, 0.2) is 0 Å². The van der Waals surface area contributed by atoms with Gasteiger partial charge in [-0.15, -0.1) is 11.8 Å². The second kappa shape index (κ2) is 6.03. The summed E-state index contributed by atoms with van der Waals surface area (Å²) in [7, 11) is 1.40. The first-order valence-corrected chi connectivity index (χ1v) is 6.00. The summed E-state index contributed by atoms with van der Waals surface area (Å²) in [6, 6.07) is 7.61. The van der Waals surface area contributed by atoms with Crippen LogP contribution in [-0.2, 0) is 15.3 Å². The third-order valence-electron chi connectivity index (χ3n) is 1.95. The Hall–Kier alpha value is -0.670. The maximum atomic E-state index is 11.1. The van der Waals surface area contributed by atoms with E-state index < -0.39 is 0 Å². The predicted octanol–water partition coefficient (Wildman–Crippen LogP) is 3.13. The van der Waals surface area contributed by atoms with Gasteiger partial charge in [-0.25, -0.2) is 0 Å². The fourth-order valence-electron chi connectivity index (χ4n) is 1.04. The van der Waals surface area contributed by atoms with E-state index in [9.17, 15) is 4.79 Å². The molecule has 2 nitrogen and oxygen atoms in total. The third kappa shape index (κ3) is 4.14. The largest absolute Gasteiger partial charge is 0.468 e. The normalized spacial score (nSPS) is 12.2. The van der Waals surface area contributed by atoms with E-state index in [-0.39, 0.29) is 11.2 Å². The SMILES string of the molecule is COC(=O)C(C)SCc1ccc(Cl)cc1. The first-order valence-electron chi connectivity index (χ1n) is 4.57. The molecule has 15 heavy (non-hydrogen) atoms. The Morgan fingerprint density at radius 2 is 2.07 bits per heavy atom. The number of hydrogen-bond donors (Lipinski definition) is 0. The summed E-state index contributed by atoms with van der Waals surface area (Å²) in [5.74, 6) is 0.599. The zero-order valence-corrected chi connectivity index (χ0v) is 10.3. The lowest BCUT2D eigenvalue weighted by atomic mass is 10.2. The summed E-state index contributed by atoms with van der Waals surface area (Å²) in [5, 5.41) is 0.593. The molecule has 1 aromatic carbocycles. The second-order valence-corrected chi connectivity index (χ2v) is 4.87. The van der Waals surface area contributed by atoms with Crippen molar-refractivity contribution in [2.24, 2.45) is 0 Å². The van der Waals surface area contributed by atoms with Gasteiger partial charge in [-0.3, -0.25) is 4.79 Å². The molecule has 0 aliphatic carbocycles. The number of carbonyl (C=O) groups excluding carboxylic acids is 1. The lowest BCUT2D eigenvalue weighted by Gasteiger charge is -2.08. The van der Waals surface area contributed by atoms with E-state index in [0.29, 0.717) is 0 Å². The fraction of sp³-hybridized carbons (Fsp3) is 0.364. The lowest BCUT2D eigenvalue weighted by molar-refractivity contribution is -0.139. The quantitative estimate of drug-likeness (QED) is 0.762. The van der Waals surface area contributed by atoms with Crippen molar-refractivity contribution in [2.45, 2.75) is 17.9 Å². The molecule has 1 aromatic rings. The summed E-state index contributed by atoms with van der Waals surface area (Å²) in [5.41, 5.74) is 1.15. The lowest BCUT2D eigenvalue weighted by Crippen LogP contribution is -2.14. The van der Waals surface area contributed by atoms with Crippen LogP contribution in [0.25, 0.3) is 0 Å². The smallest absolute Gasteiger partial charge is 0.318 e. The number of benzene rings is 1. The monoisotopic (exact) mass is 244 g/mol. The van der Waals surface area contributed by atoms with Gasteiger partial charge in [0.05, 0.1) is 12.4 Å². The second-order valence-electron chi connectivity index (χ2n) is 3.10. The van der Waals surface area contributed by atoms with E-state index in [4.69, 9.17) is 11.6 Å². The molecule has 1 rings (SSSR count). The molecule has 1 atom stereocenters. The molecular weight excluding hydrogens is 232 g/mol. The maximum Gasteiger partial charge on any atom is 0.318 e. The van der Waals surface area contributed by atoms with Crippen LogP contribution in [0.5, 0.6) is 0 Å². The third-order valence-corrected chi connectivity index (χ3v) is 3.39. The van der Waals surface area contributed by atoms with E-state index in [1.807, 2.05) is 31.2 Å². The zero-order chi connectivity index (χ0) is 11.3. The van der Waals surface area contributed by atoms with Crippen molar-refractivity contribution in [1.29, 1.82) is 0 Å². The molecule has 0 bridgehead atoms. The van der Waals surface area contributed by atoms with Gasteiger partial charge in [-0.1, -0.05) is 23.7 Å². The van der Waals surface area contributed by atoms with Crippen LogP contribution in [0.15, 0.2) is 24.3 Å². The standard InChI is InChI=1S/C11H13ClO2S/c1-8(11(13)14-2)15-7-9-3-5-10(12)6-4-9/h3-6,8H,7H2,1-2H3. The number of thioether (sulfide) groups is 1. The van der Waals surface area contributed by atoms with Gasteiger partial charge >= 0.3 is 5.97 Å². The van der Waals surface area contributed by atoms with E-state index in [2.05, 4.69) is 4.74 Å². The molecule has 0 radical (unpaired) electrons. The zero-order valence-electron chi connectivity index (χ0n) is 8.70. The van der Waals surface area contributed by atoms with Gasteiger partial charge < -0.3 is 4.74 Å². The minimum absolute atomic E-state index is 0.134. The Balaban J connectivity index is 2.43. The summed E-state index contributed by atoms with van der Waals surface area (Å²) < 4.78 is 4.64. The number of methoxy groups -OCH3 is 1. The predicted molar refractivity (Wildman–Crippen MR) is 64.2 cm³/mol. The molecule has 0 aliphatic heterocycles. The van der Waals surface area contributed by atoms with Crippen LogP contribution in [0.3, 0.4) is 0 Å². The van der Waals surface area contributed by atoms with E-state index in [1.54, 1.807) is 11.8 Å². The molecule has 4 heteroatoms. The summed E-state index contributed by atoms with van der Waals surface area (Å²) in [6.07, 6.45) is 0. The molecule has 0 aromatic heterocycles. The Bertz CT molecular complexity index is 324. The minimum Gasteiger partial charge on any atom is -0.468 e. The highest BCUT2D eigenvalue weighted by Gasteiger charge is 2.12. The van der Waals surface area contributed by atoms with Crippen molar-refractivity contribution in [3.05, 3.63) is 34.9 Å². The molecule has 0 spiro atoms. The van der Waals surface area contributed by atoms with Gasteiger partial charge in [-0.05, 0) is 24.6 Å². The van der Waals surface area contributed by atoms with Crippen LogP contribution < -0.4 is 0 Å². The Morgan fingerprint density at radius 3 is 2.60 bits per heavy atom. The maximum absolute atomic E-state index is 11.1. The average Bonchev–Trinajstić information content (AvgIpc) is 2.26. The van der Waals surface area contributed by atoms with Crippen molar-refractivity contribution in [1.82, 2.24) is 0 Å². The van der Waals surface area contributed by atoms with Crippen molar-refractivity contribution in [3.8, 4) is 0 Å². The fourth-order valence-corrected chi connectivity index (χ4v) is 2.03. The Morgan fingerprint density at radius 1 is 1.47 bits per heavy atom. The first kappa shape index (κ1) is 12.4. The molecule has 0 saturated heterocycles. The number of rotatable bonds is 4. The minimum atomic E-state index is -0.186. The average molecular weight is 245 g/mol.